The minimum atomic E-state index is -0.527. The Bertz CT molecular complexity index is 501. The van der Waals surface area contributed by atoms with Crippen LogP contribution in [0.4, 0.5) is 0 Å². The van der Waals surface area contributed by atoms with Crippen molar-refractivity contribution in [1.29, 1.82) is 0 Å². The lowest BCUT2D eigenvalue weighted by atomic mass is 10.1. The number of benzene rings is 2. The first-order valence-electron chi connectivity index (χ1n) is 6.35. The van der Waals surface area contributed by atoms with E-state index in [2.05, 4.69) is 17.4 Å². The summed E-state index contributed by atoms with van der Waals surface area (Å²) in [5.74, 6) is 0. The first kappa shape index (κ1) is 14.1. The van der Waals surface area contributed by atoms with Crippen LogP contribution in [0.3, 0.4) is 0 Å². The van der Waals surface area contributed by atoms with E-state index in [1.165, 1.54) is 5.56 Å². The second-order valence-corrected chi connectivity index (χ2v) is 4.87. The van der Waals surface area contributed by atoms with E-state index in [1.807, 2.05) is 30.3 Å². The lowest BCUT2D eigenvalue weighted by Crippen LogP contribution is -2.23. The Balaban J connectivity index is 1.74. The number of hydrogen-bond donors (Lipinski definition) is 2. The van der Waals surface area contributed by atoms with Gasteiger partial charge in [-0.15, -0.1) is 0 Å². The summed E-state index contributed by atoms with van der Waals surface area (Å²) in [6.45, 7) is 1.35. The van der Waals surface area contributed by atoms with Crippen molar-refractivity contribution in [3.63, 3.8) is 0 Å². The fourth-order valence-electron chi connectivity index (χ4n) is 1.89. The molecule has 2 N–H and O–H groups in total. The largest absolute Gasteiger partial charge is 0.387 e. The molecule has 0 amide bonds. The first-order chi connectivity index (χ1) is 9.25. The molecule has 0 fully saturated rings. The molecule has 0 heterocycles. The van der Waals surface area contributed by atoms with Gasteiger partial charge in [-0.3, -0.25) is 0 Å². The van der Waals surface area contributed by atoms with Crippen molar-refractivity contribution in [3.05, 3.63) is 70.7 Å². The van der Waals surface area contributed by atoms with Gasteiger partial charge < -0.3 is 10.4 Å². The lowest BCUT2D eigenvalue weighted by molar-refractivity contribution is 0.175. The van der Waals surface area contributed by atoms with Crippen molar-refractivity contribution >= 4 is 11.6 Å². The molecule has 0 saturated heterocycles. The maximum atomic E-state index is 10.0. The summed E-state index contributed by atoms with van der Waals surface area (Å²) in [5.41, 5.74) is 2.08. The average molecular weight is 275 g/mol. The van der Waals surface area contributed by atoms with E-state index in [-0.39, 0.29) is 0 Å². The van der Waals surface area contributed by atoms with Gasteiger partial charge in [0.15, 0.2) is 0 Å². The normalized spacial score (nSPS) is 12.3. The van der Waals surface area contributed by atoms with Crippen molar-refractivity contribution in [2.24, 2.45) is 0 Å². The zero-order chi connectivity index (χ0) is 13.5. The molecular formula is C16H17ClNO. The van der Waals surface area contributed by atoms with Crippen LogP contribution < -0.4 is 5.32 Å². The number of rotatable bonds is 6. The van der Waals surface area contributed by atoms with Crippen molar-refractivity contribution in [1.82, 2.24) is 5.32 Å². The van der Waals surface area contributed by atoms with Crippen LogP contribution in [0.25, 0.3) is 0 Å². The molecule has 0 aromatic heterocycles. The monoisotopic (exact) mass is 274 g/mol. The molecule has 3 heteroatoms. The third kappa shape index (κ3) is 4.67. The summed E-state index contributed by atoms with van der Waals surface area (Å²) < 4.78 is 0. The third-order valence-electron chi connectivity index (χ3n) is 2.93. The van der Waals surface area contributed by atoms with Crippen LogP contribution in [0, 0.1) is 6.07 Å². The Morgan fingerprint density at radius 2 is 2.16 bits per heavy atom. The van der Waals surface area contributed by atoms with Gasteiger partial charge in [-0.25, -0.2) is 0 Å². The van der Waals surface area contributed by atoms with E-state index in [4.69, 9.17) is 11.6 Å². The van der Waals surface area contributed by atoms with Crippen LogP contribution in [-0.2, 0) is 6.42 Å². The van der Waals surface area contributed by atoms with E-state index in [0.717, 1.165) is 18.5 Å². The SMILES string of the molecule is O[C@H](CNCCc1c[c]ccc1)c1cccc(Cl)c1. The molecule has 0 aliphatic heterocycles. The highest BCUT2D eigenvalue weighted by Crippen LogP contribution is 2.16. The molecule has 0 bridgehead atoms. The van der Waals surface area contributed by atoms with E-state index in [0.29, 0.717) is 11.6 Å². The molecule has 2 nitrogen and oxygen atoms in total. The lowest BCUT2D eigenvalue weighted by Gasteiger charge is -2.12. The molecule has 2 aromatic carbocycles. The van der Waals surface area contributed by atoms with E-state index >= 15 is 0 Å². The fourth-order valence-corrected chi connectivity index (χ4v) is 2.09. The molecule has 0 saturated carbocycles. The quantitative estimate of drug-likeness (QED) is 0.794. The number of hydrogen-bond acceptors (Lipinski definition) is 2. The molecule has 99 valence electrons. The summed E-state index contributed by atoms with van der Waals surface area (Å²) in [7, 11) is 0. The molecule has 1 atom stereocenters. The van der Waals surface area contributed by atoms with Crippen LogP contribution in [0.5, 0.6) is 0 Å². The standard InChI is InChI=1S/C16H17ClNO/c17-15-8-4-7-14(11-15)16(19)12-18-10-9-13-5-2-1-3-6-13/h1-2,4-8,11,16,18-19H,9-10,12H2/t16-/m1/s1. The number of aliphatic hydroxyl groups is 1. The molecule has 0 aliphatic carbocycles. The maximum absolute atomic E-state index is 10.0. The van der Waals surface area contributed by atoms with Gasteiger partial charge in [-0.1, -0.05) is 48.0 Å². The van der Waals surface area contributed by atoms with Gasteiger partial charge in [0.1, 0.15) is 0 Å². The van der Waals surface area contributed by atoms with Gasteiger partial charge in [-0.05, 0) is 42.3 Å². The van der Waals surface area contributed by atoms with Crippen molar-refractivity contribution < 1.29 is 5.11 Å². The molecular weight excluding hydrogens is 258 g/mol. The predicted molar refractivity (Wildman–Crippen MR) is 78.3 cm³/mol. The number of aliphatic hydroxyl groups excluding tert-OH is 1. The Labute approximate surface area is 119 Å². The number of nitrogens with one attached hydrogen (secondary N) is 1. The zero-order valence-corrected chi connectivity index (χ0v) is 11.4. The number of halogens is 1. The highest BCUT2D eigenvalue weighted by atomic mass is 35.5. The van der Waals surface area contributed by atoms with Crippen molar-refractivity contribution in [3.8, 4) is 0 Å². The van der Waals surface area contributed by atoms with E-state index < -0.39 is 6.10 Å². The summed E-state index contributed by atoms with van der Waals surface area (Å²) in [4.78, 5) is 0. The third-order valence-corrected chi connectivity index (χ3v) is 3.17. The summed E-state index contributed by atoms with van der Waals surface area (Å²) in [6.07, 6.45) is 0.403. The predicted octanol–water partition coefficient (Wildman–Crippen LogP) is 3.01. The van der Waals surface area contributed by atoms with Crippen LogP contribution in [0.2, 0.25) is 5.02 Å². The Morgan fingerprint density at radius 1 is 1.26 bits per heavy atom. The van der Waals surface area contributed by atoms with Crippen LogP contribution in [0.1, 0.15) is 17.2 Å². The van der Waals surface area contributed by atoms with Gasteiger partial charge in [0.2, 0.25) is 0 Å². The van der Waals surface area contributed by atoms with Crippen molar-refractivity contribution in [2.45, 2.75) is 12.5 Å². The van der Waals surface area contributed by atoms with Gasteiger partial charge in [-0.2, -0.15) is 0 Å². The van der Waals surface area contributed by atoms with Gasteiger partial charge in [0.05, 0.1) is 6.10 Å². The van der Waals surface area contributed by atoms with E-state index in [9.17, 15) is 5.11 Å². The Morgan fingerprint density at radius 3 is 2.89 bits per heavy atom. The van der Waals surface area contributed by atoms with Gasteiger partial charge >= 0.3 is 0 Å². The zero-order valence-electron chi connectivity index (χ0n) is 10.6. The molecule has 0 spiro atoms. The van der Waals surface area contributed by atoms with Crippen LogP contribution in [-0.4, -0.2) is 18.2 Å². The summed E-state index contributed by atoms with van der Waals surface area (Å²) >= 11 is 5.90. The smallest absolute Gasteiger partial charge is 0.0914 e. The maximum Gasteiger partial charge on any atom is 0.0914 e. The molecule has 2 aromatic rings. The molecule has 19 heavy (non-hydrogen) atoms. The highest BCUT2D eigenvalue weighted by molar-refractivity contribution is 6.30. The van der Waals surface area contributed by atoms with Crippen LogP contribution >= 0.6 is 11.6 Å². The first-order valence-corrected chi connectivity index (χ1v) is 6.73. The molecule has 0 aliphatic rings. The van der Waals surface area contributed by atoms with Gasteiger partial charge in [0, 0.05) is 11.6 Å². The Hall–Kier alpha value is -1.35. The highest BCUT2D eigenvalue weighted by Gasteiger charge is 2.06. The van der Waals surface area contributed by atoms with E-state index in [1.54, 1.807) is 12.1 Å². The fraction of sp³-hybridized carbons (Fsp3) is 0.250. The molecule has 2 rings (SSSR count). The van der Waals surface area contributed by atoms with Gasteiger partial charge in [0.25, 0.3) is 0 Å². The van der Waals surface area contributed by atoms with Crippen LogP contribution in [0.15, 0.2) is 48.5 Å². The average Bonchev–Trinajstić information content (AvgIpc) is 2.44. The second kappa shape index (κ2) is 7.29. The second-order valence-electron chi connectivity index (χ2n) is 4.44. The minimum absolute atomic E-state index is 0.525. The topological polar surface area (TPSA) is 32.3 Å². The summed E-state index contributed by atoms with van der Waals surface area (Å²) in [6, 6.07) is 18.3. The Kier molecular flexibility index (Phi) is 5.40. The summed E-state index contributed by atoms with van der Waals surface area (Å²) in [5, 5.41) is 13.9. The van der Waals surface area contributed by atoms with Crippen molar-refractivity contribution in [2.75, 3.05) is 13.1 Å². The minimum Gasteiger partial charge on any atom is -0.387 e. The molecule has 0 unspecified atom stereocenters. The molecule has 1 radical (unpaired) electrons.